The van der Waals surface area contributed by atoms with E-state index in [1.807, 2.05) is 60.9 Å². The van der Waals surface area contributed by atoms with Crippen LogP contribution in [0.25, 0.3) is 27.8 Å². The van der Waals surface area contributed by atoms with Crippen LogP contribution in [0.4, 0.5) is 5.82 Å². The second-order valence-electron chi connectivity index (χ2n) is 7.44. The quantitative estimate of drug-likeness (QED) is 0.488. The number of benzene rings is 2. The van der Waals surface area contributed by atoms with Crippen molar-refractivity contribution >= 4 is 27.9 Å². The van der Waals surface area contributed by atoms with Crippen molar-refractivity contribution in [1.29, 1.82) is 0 Å². The standard InChI is InChI=1S/C23H21N7O/c1-14-7-4-5-10-17(14)30-18(28-16-9-6-8-15(2)19(16)23(30)31)11-29-13-27-20-21(24-3)25-12-26-22(20)29/h4-10,12-13H,11H2,1-3H3,(H,24,25,26). The van der Waals surface area contributed by atoms with Gasteiger partial charge in [-0.15, -0.1) is 0 Å². The Labute approximate surface area is 178 Å². The lowest BCUT2D eigenvalue weighted by molar-refractivity contribution is 0.716. The minimum absolute atomic E-state index is 0.0811. The van der Waals surface area contributed by atoms with Crippen LogP contribution in [0, 0.1) is 13.8 Å². The normalized spacial score (nSPS) is 11.3. The topological polar surface area (TPSA) is 90.5 Å². The van der Waals surface area contributed by atoms with E-state index in [0.717, 1.165) is 16.8 Å². The highest BCUT2D eigenvalue weighted by Gasteiger charge is 2.17. The van der Waals surface area contributed by atoms with Gasteiger partial charge in [-0.2, -0.15) is 0 Å². The van der Waals surface area contributed by atoms with Crippen LogP contribution in [0.1, 0.15) is 17.0 Å². The van der Waals surface area contributed by atoms with Crippen LogP contribution in [-0.4, -0.2) is 36.1 Å². The molecule has 0 fully saturated rings. The molecule has 0 saturated carbocycles. The van der Waals surface area contributed by atoms with Crippen molar-refractivity contribution in [3.05, 3.63) is 82.4 Å². The fourth-order valence-corrected chi connectivity index (χ4v) is 3.94. The summed E-state index contributed by atoms with van der Waals surface area (Å²) >= 11 is 0. The number of anilines is 1. The van der Waals surface area contributed by atoms with E-state index >= 15 is 0 Å². The van der Waals surface area contributed by atoms with Crippen molar-refractivity contribution in [3.8, 4) is 5.69 Å². The molecule has 31 heavy (non-hydrogen) atoms. The highest BCUT2D eigenvalue weighted by molar-refractivity contribution is 5.83. The molecule has 0 aliphatic rings. The number of aryl methyl sites for hydroxylation is 2. The summed E-state index contributed by atoms with van der Waals surface area (Å²) in [6.45, 7) is 4.27. The van der Waals surface area contributed by atoms with Crippen molar-refractivity contribution in [2.24, 2.45) is 0 Å². The Morgan fingerprint density at radius 1 is 0.968 bits per heavy atom. The first-order chi connectivity index (χ1) is 15.1. The number of nitrogens with zero attached hydrogens (tertiary/aromatic N) is 6. The molecule has 154 valence electrons. The first kappa shape index (κ1) is 18.9. The zero-order valence-electron chi connectivity index (χ0n) is 17.5. The Morgan fingerprint density at radius 3 is 2.58 bits per heavy atom. The van der Waals surface area contributed by atoms with E-state index < -0.39 is 0 Å². The monoisotopic (exact) mass is 411 g/mol. The van der Waals surface area contributed by atoms with E-state index in [-0.39, 0.29) is 5.56 Å². The van der Waals surface area contributed by atoms with Crippen LogP contribution in [0.15, 0.2) is 59.9 Å². The van der Waals surface area contributed by atoms with Gasteiger partial charge in [-0.05, 0) is 37.1 Å². The van der Waals surface area contributed by atoms with Crippen molar-refractivity contribution in [1.82, 2.24) is 29.1 Å². The fourth-order valence-electron chi connectivity index (χ4n) is 3.94. The molecule has 0 amide bonds. The Morgan fingerprint density at radius 2 is 1.77 bits per heavy atom. The third-order valence-corrected chi connectivity index (χ3v) is 5.48. The molecule has 0 aliphatic carbocycles. The second kappa shape index (κ2) is 7.32. The molecular formula is C23H21N7O. The van der Waals surface area contributed by atoms with Gasteiger partial charge < -0.3 is 9.88 Å². The summed E-state index contributed by atoms with van der Waals surface area (Å²) in [4.78, 5) is 31.7. The smallest absolute Gasteiger partial charge is 0.266 e. The highest BCUT2D eigenvalue weighted by atomic mass is 16.1. The number of imidazole rings is 1. The molecule has 0 bridgehead atoms. The van der Waals surface area contributed by atoms with Gasteiger partial charge in [0.15, 0.2) is 11.5 Å². The third-order valence-electron chi connectivity index (χ3n) is 5.48. The average Bonchev–Trinajstić information content (AvgIpc) is 3.18. The van der Waals surface area contributed by atoms with Gasteiger partial charge in [-0.3, -0.25) is 9.36 Å². The Kier molecular flexibility index (Phi) is 4.47. The number of para-hydroxylation sites is 1. The van der Waals surface area contributed by atoms with E-state index in [2.05, 4.69) is 20.3 Å². The fraction of sp³-hybridized carbons (Fsp3) is 0.174. The summed E-state index contributed by atoms with van der Waals surface area (Å²) in [6, 6.07) is 13.6. The van der Waals surface area contributed by atoms with E-state index in [1.54, 1.807) is 17.9 Å². The molecule has 8 heteroatoms. The van der Waals surface area contributed by atoms with Gasteiger partial charge in [0, 0.05) is 7.05 Å². The summed E-state index contributed by atoms with van der Waals surface area (Å²) in [6.07, 6.45) is 3.20. The number of fused-ring (bicyclic) bond motifs is 2. The van der Waals surface area contributed by atoms with Gasteiger partial charge in [0.25, 0.3) is 5.56 Å². The van der Waals surface area contributed by atoms with Crippen molar-refractivity contribution in [3.63, 3.8) is 0 Å². The molecule has 5 aromatic rings. The lowest BCUT2D eigenvalue weighted by atomic mass is 10.1. The van der Waals surface area contributed by atoms with Crippen LogP contribution in [0.2, 0.25) is 0 Å². The molecule has 0 radical (unpaired) electrons. The van der Waals surface area contributed by atoms with E-state index in [4.69, 9.17) is 4.98 Å². The Balaban J connectivity index is 1.78. The molecule has 3 aromatic heterocycles. The van der Waals surface area contributed by atoms with Crippen LogP contribution >= 0.6 is 0 Å². The first-order valence-corrected chi connectivity index (χ1v) is 9.99. The minimum Gasteiger partial charge on any atom is -0.371 e. The zero-order chi connectivity index (χ0) is 21.5. The predicted molar refractivity (Wildman–Crippen MR) is 121 cm³/mol. The van der Waals surface area contributed by atoms with Gasteiger partial charge in [0.2, 0.25) is 0 Å². The number of aromatic nitrogens is 6. The maximum Gasteiger partial charge on any atom is 0.266 e. The van der Waals surface area contributed by atoms with Gasteiger partial charge in [0.05, 0.1) is 29.5 Å². The van der Waals surface area contributed by atoms with Crippen molar-refractivity contribution < 1.29 is 0 Å². The molecular weight excluding hydrogens is 390 g/mol. The SMILES string of the molecule is CNc1ncnc2c1ncn2Cc1nc2cccc(C)c2c(=O)n1-c1ccccc1C. The van der Waals surface area contributed by atoms with Crippen molar-refractivity contribution in [2.75, 3.05) is 12.4 Å². The number of hydrogen-bond donors (Lipinski definition) is 1. The summed E-state index contributed by atoms with van der Waals surface area (Å²) < 4.78 is 3.59. The minimum atomic E-state index is -0.0811. The van der Waals surface area contributed by atoms with Crippen LogP contribution in [0.5, 0.6) is 0 Å². The van der Waals surface area contributed by atoms with E-state index in [9.17, 15) is 4.79 Å². The van der Waals surface area contributed by atoms with Gasteiger partial charge in [-0.25, -0.2) is 19.9 Å². The summed E-state index contributed by atoms with van der Waals surface area (Å²) in [5, 5.41) is 3.66. The molecule has 0 atom stereocenters. The highest BCUT2D eigenvalue weighted by Crippen LogP contribution is 2.21. The summed E-state index contributed by atoms with van der Waals surface area (Å²) in [5.74, 6) is 1.27. The van der Waals surface area contributed by atoms with Crippen molar-refractivity contribution in [2.45, 2.75) is 20.4 Å². The average molecular weight is 411 g/mol. The molecule has 0 unspecified atom stereocenters. The predicted octanol–water partition coefficient (Wildman–Crippen LogP) is 3.23. The molecule has 2 aromatic carbocycles. The molecule has 8 nitrogen and oxygen atoms in total. The Hall–Kier alpha value is -4.07. The summed E-state index contributed by atoms with van der Waals surface area (Å²) in [7, 11) is 1.80. The lowest BCUT2D eigenvalue weighted by Gasteiger charge is -2.16. The molecule has 0 spiro atoms. The molecule has 5 rings (SSSR count). The third kappa shape index (κ3) is 3.04. The summed E-state index contributed by atoms with van der Waals surface area (Å²) in [5.41, 5.74) is 4.66. The van der Waals surface area contributed by atoms with Crippen LogP contribution in [0.3, 0.4) is 0 Å². The van der Waals surface area contributed by atoms with E-state index in [0.29, 0.717) is 40.3 Å². The maximum absolute atomic E-state index is 13.7. The zero-order valence-corrected chi connectivity index (χ0v) is 17.5. The molecule has 0 saturated heterocycles. The van der Waals surface area contributed by atoms with Crippen LogP contribution in [-0.2, 0) is 6.54 Å². The number of nitrogens with one attached hydrogen (secondary N) is 1. The van der Waals surface area contributed by atoms with Gasteiger partial charge in [-0.1, -0.05) is 30.3 Å². The molecule has 0 aliphatic heterocycles. The van der Waals surface area contributed by atoms with Crippen LogP contribution < -0.4 is 10.9 Å². The van der Waals surface area contributed by atoms with Gasteiger partial charge >= 0.3 is 0 Å². The molecule has 3 heterocycles. The largest absolute Gasteiger partial charge is 0.371 e. The van der Waals surface area contributed by atoms with Gasteiger partial charge in [0.1, 0.15) is 17.7 Å². The maximum atomic E-state index is 13.7. The second-order valence-corrected chi connectivity index (χ2v) is 7.44. The first-order valence-electron chi connectivity index (χ1n) is 9.99. The number of hydrogen-bond acceptors (Lipinski definition) is 6. The number of rotatable bonds is 4. The van der Waals surface area contributed by atoms with E-state index in [1.165, 1.54) is 6.33 Å². The Bertz CT molecular complexity index is 1500. The molecule has 1 N–H and O–H groups in total. The lowest BCUT2D eigenvalue weighted by Crippen LogP contribution is -2.26.